The van der Waals surface area contributed by atoms with E-state index in [0.717, 1.165) is 25.8 Å². The Kier molecular flexibility index (Phi) is 5.26. The van der Waals surface area contributed by atoms with Crippen LogP contribution in [0.4, 0.5) is 0 Å². The van der Waals surface area contributed by atoms with E-state index >= 15 is 0 Å². The van der Waals surface area contributed by atoms with E-state index in [1.165, 1.54) is 25.7 Å². The van der Waals surface area contributed by atoms with E-state index in [0.29, 0.717) is 5.41 Å². The van der Waals surface area contributed by atoms with Gasteiger partial charge in [-0.1, -0.05) is 33.1 Å². The molecule has 0 aromatic heterocycles. The third-order valence-corrected chi connectivity index (χ3v) is 3.61. The van der Waals surface area contributed by atoms with Gasteiger partial charge in [-0.3, -0.25) is 4.79 Å². The Morgan fingerprint density at radius 3 is 2.50 bits per heavy atom. The predicted octanol–water partition coefficient (Wildman–Crippen LogP) is 2.80. The Balaban J connectivity index is 2.29. The van der Waals surface area contributed by atoms with Crippen molar-refractivity contribution in [3.05, 3.63) is 0 Å². The molecule has 1 unspecified atom stereocenters. The molecular formula is C13H25NO2. The van der Waals surface area contributed by atoms with Crippen LogP contribution in [0.25, 0.3) is 0 Å². The predicted molar refractivity (Wildman–Crippen MR) is 65.5 cm³/mol. The molecule has 1 fully saturated rings. The molecule has 1 atom stereocenters. The number of hydrogen-bond donors (Lipinski definition) is 2. The first-order chi connectivity index (χ1) is 7.63. The van der Waals surface area contributed by atoms with E-state index < -0.39 is 5.97 Å². The van der Waals surface area contributed by atoms with Crippen molar-refractivity contribution in [1.29, 1.82) is 0 Å². The summed E-state index contributed by atoms with van der Waals surface area (Å²) in [4.78, 5) is 11.0. The molecule has 16 heavy (non-hydrogen) atoms. The SMILES string of the molecule is CCCCC(NCC1(CCC)CC1)C(=O)O. The summed E-state index contributed by atoms with van der Waals surface area (Å²) >= 11 is 0. The lowest BCUT2D eigenvalue weighted by Crippen LogP contribution is -2.40. The van der Waals surface area contributed by atoms with Gasteiger partial charge in [0.15, 0.2) is 0 Å². The van der Waals surface area contributed by atoms with Crippen molar-refractivity contribution in [2.75, 3.05) is 6.54 Å². The minimum Gasteiger partial charge on any atom is -0.480 e. The number of carbonyl (C=O) groups is 1. The molecule has 1 saturated carbocycles. The Bertz CT molecular complexity index is 224. The highest BCUT2D eigenvalue weighted by atomic mass is 16.4. The first-order valence-corrected chi connectivity index (χ1v) is 6.60. The van der Waals surface area contributed by atoms with Crippen LogP contribution in [0.1, 0.15) is 58.8 Å². The van der Waals surface area contributed by atoms with Crippen molar-refractivity contribution in [1.82, 2.24) is 5.32 Å². The number of aliphatic carboxylic acids is 1. The van der Waals surface area contributed by atoms with Gasteiger partial charge in [0.25, 0.3) is 0 Å². The van der Waals surface area contributed by atoms with Crippen LogP contribution in [0.15, 0.2) is 0 Å². The second-order valence-corrected chi connectivity index (χ2v) is 5.16. The number of carboxylic acids is 1. The summed E-state index contributed by atoms with van der Waals surface area (Å²) in [6.45, 7) is 5.19. The standard InChI is InChI=1S/C13H25NO2/c1-3-5-6-11(12(15)16)14-10-13(7-4-2)8-9-13/h11,14H,3-10H2,1-2H3,(H,15,16). The quantitative estimate of drug-likeness (QED) is 0.637. The summed E-state index contributed by atoms with van der Waals surface area (Å²) in [5.74, 6) is -0.694. The summed E-state index contributed by atoms with van der Waals surface area (Å²) in [5.41, 5.74) is 0.439. The van der Waals surface area contributed by atoms with Gasteiger partial charge in [-0.2, -0.15) is 0 Å². The van der Waals surface area contributed by atoms with Crippen LogP contribution in [0.2, 0.25) is 0 Å². The highest BCUT2D eigenvalue weighted by Gasteiger charge is 2.41. The number of unbranched alkanes of at least 4 members (excludes halogenated alkanes) is 1. The van der Waals surface area contributed by atoms with Crippen LogP contribution < -0.4 is 5.32 Å². The van der Waals surface area contributed by atoms with Gasteiger partial charge in [0.05, 0.1) is 0 Å². The monoisotopic (exact) mass is 227 g/mol. The second-order valence-electron chi connectivity index (χ2n) is 5.16. The van der Waals surface area contributed by atoms with Crippen LogP contribution in [0, 0.1) is 5.41 Å². The molecule has 0 aliphatic heterocycles. The topological polar surface area (TPSA) is 49.3 Å². The molecule has 0 aromatic rings. The molecule has 1 aliphatic carbocycles. The smallest absolute Gasteiger partial charge is 0.320 e. The average molecular weight is 227 g/mol. The molecule has 0 saturated heterocycles. The fourth-order valence-electron chi connectivity index (χ4n) is 2.28. The fraction of sp³-hybridized carbons (Fsp3) is 0.923. The van der Waals surface area contributed by atoms with Gasteiger partial charge in [-0.15, -0.1) is 0 Å². The maximum absolute atomic E-state index is 11.0. The molecule has 0 radical (unpaired) electrons. The highest BCUT2D eigenvalue weighted by molar-refractivity contribution is 5.73. The number of rotatable bonds is 9. The lowest BCUT2D eigenvalue weighted by atomic mass is 10.00. The van der Waals surface area contributed by atoms with E-state index in [1.54, 1.807) is 0 Å². The van der Waals surface area contributed by atoms with Gasteiger partial charge in [0, 0.05) is 6.54 Å². The fourth-order valence-corrected chi connectivity index (χ4v) is 2.28. The van der Waals surface area contributed by atoms with Crippen molar-refractivity contribution in [3.63, 3.8) is 0 Å². The molecular weight excluding hydrogens is 202 g/mol. The third-order valence-electron chi connectivity index (χ3n) is 3.61. The largest absolute Gasteiger partial charge is 0.480 e. The van der Waals surface area contributed by atoms with Gasteiger partial charge in [-0.05, 0) is 31.1 Å². The molecule has 0 amide bonds. The minimum absolute atomic E-state index is 0.339. The van der Waals surface area contributed by atoms with Crippen LogP contribution in [0.5, 0.6) is 0 Å². The summed E-state index contributed by atoms with van der Waals surface area (Å²) in [5, 5.41) is 12.3. The lowest BCUT2D eigenvalue weighted by Gasteiger charge is -2.19. The van der Waals surface area contributed by atoms with Crippen molar-refractivity contribution in [2.24, 2.45) is 5.41 Å². The molecule has 3 nitrogen and oxygen atoms in total. The van der Waals surface area contributed by atoms with Crippen LogP contribution >= 0.6 is 0 Å². The second kappa shape index (κ2) is 6.24. The number of carboxylic acid groups (broad SMARTS) is 1. The summed E-state index contributed by atoms with van der Waals surface area (Å²) in [6.07, 6.45) is 7.79. The summed E-state index contributed by atoms with van der Waals surface area (Å²) in [6, 6.07) is -0.339. The molecule has 2 N–H and O–H groups in total. The molecule has 0 bridgehead atoms. The van der Waals surface area contributed by atoms with Crippen LogP contribution in [-0.2, 0) is 4.79 Å². The summed E-state index contributed by atoms with van der Waals surface area (Å²) < 4.78 is 0. The maximum atomic E-state index is 11.0. The summed E-state index contributed by atoms with van der Waals surface area (Å²) in [7, 11) is 0. The van der Waals surface area contributed by atoms with E-state index in [1.807, 2.05) is 0 Å². The third kappa shape index (κ3) is 4.12. The average Bonchev–Trinajstić information content (AvgIpc) is 2.98. The zero-order valence-corrected chi connectivity index (χ0v) is 10.6. The van der Waals surface area contributed by atoms with Crippen molar-refractivity contribution in [2.45, 2.75) is 64.8 Å². The first-order valence-electron chi connectivity index (χ1n) is 6.60. The van der Waals surface area contributed by atoms with Crippen molar-refractivity contribution < 1.29 is 9.90 Å². The van der Waals surface area contributed by atoms with Gasteiger partial charge in [0.1, 0.15) is 6.04 Å². The van der Waals surface area contributed by atoms with Gasteiger partial charge < -0.3 is 10.4 Å². The zero-order valence-electron chi connectivity index (χ0n) is 10.6. The lowest BCUT2D eigenvalue weighted by molar-refractivity contribution is -0.139. The molecule has 0 heterocycles. The van der Waals surface area contributed by atoms with E-state index in [-0.39, 0.29) is 6.04 Å². The Morgan fingerprint density at radius 1 is 1.38 bits per heavy atom. The Morgan fingerprint density at radius 2 is 2.06 bits per heavy atom. The van der Waals surface area contributed by atoms with E-state index in [2.05, 4.69) is 19.2 Å². The van der Waals surface area contributed by atoms with Gasteiger partial charge in [-0.25, -0.2) is 0 Å². The molecule has 1 rings (SSSR count). The van der Waals surface area contributed by atoms with Gasteiger partial charge in [0.2, 0.25) is 0 Å². The number of hydrogen-bond acceptors (Lipinski definition) is 2. The van der Waals surface area contributed by atoms with Crippen molar-refractivity contribution in [3.8, 4) is 0 Å². The maximum Gasteiger partial charge on any atom is 0.320 e. The molecule has 0 spiro atoms. The molecule has 94 valence electrons. The molecule has 0 aromatic carbocycles. The highest BCUT2D eigenvalue weighted by Crippen LogP contribution is 2.49. The normalized spacial score (nSPS) is 19.4. The van der Waals surface area contributed by atoms with Crippen molar-refractivity contribution >= 4 is 5.97 Å². The van der Waals surface area contributed by atoms with E-state index in [9.17, 15) is 4.79 Å². The number of nitrogens with one attached hydrogen (secondary N) is 1. The van der Waals surface area contributed by atoms with Crippen LogP contribution in [-0.4, -0.2) is 23.7 Å². The minimum atomic E-state index is -0.694. The Labute approximate surface area is 98.6 Å². The Hall–Kier alpha value is -0.570. The molecule has 1 aliphatic rings. The van der Waals surface area contributed by atoms with Crippen LogP contribution in [0.3, 0.4) is 0 Å². The molecule has 3 heteroatoms. The van der Waals surface area contributed by atoms with Gasteiger partial charge >= 0.3 is 5.97 Å². The zero-order chi connectivity index (χ0) is 12.0. The van der Waals surface area contributed by atoms with E-state index in [4.69, 9.17) is 5.11 Å². The first kappa shape index (κ1) is 13.5.